The zero-order valence-corrected chi connectivity index (χ0v) is 12.1. The number of aromatic amines is 1. The molecule has 3 rings (SSSR count). The van der Waals surface area contributed by atoms with E-state index in [0.29, 0.717) is 5.65 Å². The standard InChI is InChI=1S/C14H14FN5S/c1-8(16)12(9-2-4-10(15)5-3-9)21-14-11-13(18-6-17-11)19-7-20-14/h2-8,12H,16H2,1H3,(H,17,18,19,20). The number of hydrogen-bond acceptors (Lipinski definition) is 5. The van der Waals surface area contributed by atoms with Crippen molar-refractivity contribution in [2.75, 3.05) is 0 Å². The molecule has 108 valence electrons. The summed E-state index contributed by atoms with van der Waals surface area (Å²) in [6.07, 6.45) is 3.07. The average molecular weight is 303 g/mol. The van der Waals surface area contributed by atoms with Crippen molar-refractivity contribution in [2.24, 2.45) is 5.73 Å². The molecule has 7 heteroatoms. The van der Waals surface area contributed by atoms with Gasteiger partial charge in [-0.1, -0.05) is 23.9 Å². The van der Waals surface area contributed by atoms with Crippen molar-refractivity contribution in [3.8, 4) is 0 Å². The summed E-state index contributed by atoms with van der Waals surface area (Å²) < 4.78 is 13.1. The van der Waals surface area contributed by atoms with Crippen LogP contribution in [0, 0.1) is 5.82 Å². The van der Waals surface area contributed by atoms with E-state index in [2.05, 4.69) is 19.9 Å². The van der Waals surface area contributed by atoms with E-state index >= 15 is 0 Å². The predicted molar refractivity (Wildman–Crippen MR) is 80.3 cm³/mol. The van der Waals surface area contributed by atoms with Gasteiger partial charge in [-0.2, -0.15) is 0 Å². The fourth-order valence-electron chi connectivity index (χ4n) is 2.08. The van der Waals surface area contributed by atoms with Gasteiger partial charge in [0, 0.05) is 6.04 Å². The minimum atomic E-state index is -0.259. The van der Waals surface area contributed by atoms with Crippen LogP contribution in [0.3, 0.4) is 0 Å². The first-order chi connectivity index (χ1) is 10.1. The maximum atomic E-state index is 13.1. The Kier molecular flexibility index (Phi) is 3.85. The molecule has 3 aromatic rings. The largest absolute Gasteiger partial charge is 0.341 e. The van der Waals surface area contributed by atoms with Crippen molar-refractivity contribution >= 4 is 22.9 Å². The molecule has 3 N–H and O–H groups in total. The third-order valence-corrected chi connectivity index (χ3v) is 4.59. The number of nitrogens with two attached hydrogens (primary N) is 1. The Morgan fingerprint density at radius 2 is 1.95 bits per heavy atom. The molecule has 0 spiro atoms. The van der Waals surface area contributed by atoms with Crippen molar-refractivity contribution in [1.29, 1.82) is 0 Å². The average Bonchev–Trinajstić information content (AvgIpc) is 2.95. The molecule has 0 saturated heterocycles. The highest BCUT2D eigenvalue weighted by Gasteiger charge is 2.20. The third kappa shape index (κ3) is 2.88. The summed E-state index contributed by atoms with van der Waals surface area (Å²) in [5, 5.41) is 0.746. The van der Waals surface area contributed by atoms with Crippen molar-refractivity contribution < 1.29 is 4.39 Å². The summed E-state index contributed by atoms with van der Waals surface area (Å²) in [6, 6.07) is 6.27. The maximum absolute atomic E-state index is 13.1. The molecule has 2 unspecified atom stereocenters. The lowest BCUT2D eigenvalue weighted by molar-refractivity contribution is 0.625. The second-order valence-corrected chi connectivity index (χ2v) is 5.86. The lowest BCUT2D eigenvalue weighted by atomic mass is 10.1. The van der Waals surface area contributed by atoms with Crippen LogP contribution in [0.1, 0.15) is 17.7 Å². The molecule has 2 aromatic heterocycles. The van der Waals surface area contributed by atoms with Gasteiger partial charge in [-0.3, -0.25) is 0 Å². The molecule has 0 fully saturated rings. The molecule has 5 nitrogen and oxygen atoms in total. The van der Waals surface area contributed by atoms with Gasteiger partial charge < -0.3 is 10.7 Å². The van der Waals surface area contributed by atoms with E-state index in [0.717, 1.165) is 16.1 Å². The van der Waals surface area contributed by atoms with Crippen LogP contribution in [0.4, 0.5) is 4.39 Å². The van der Waals surface area contributed by atoms with E-state index in [1.165, 1.54) is 30.2 Å². The van der Waals surface area contributed by atoms with E-state index in [1.54, 1.807) is 18.5 Å². The first-order valence-corrected chi connectivity index (χ1v) is 7.35. The summed E-state index contributed by atoms with van der Waals surface area (Å²) in [6.45, 7) is 1.92. The molecule has 0 saturated carbocycles. The number of rotatable bonds is 4. The first kappa shape index (κ1) is 14.0. The Morgan fingerprint density at radius 1 is 1.19 bits per heavy atom. The molecule has 0 radical (unpaired) electrons. The molecule has 0 bridgehead atoms. The van der Waals surface area contributed by atoms with Crippen LogP contribution in [0.2, 0.25) is 0 Å². The molecule has 0 aliphatic heterocycles. The normalized spacial score (nSPS) is 14.2. The molecule has 1 aromatic carbocycles. The Morgan fingerprint density at radius 3 is 2.67 bits per heavy atom. The van der Waals surface area contributed by atoms with E-state index in [-0.39, 0.29) is 17.1 Å². The van der Waals surface area contributed by atoms with Crippen LogP contribution >= 0.6 is 11.8 Å². The first-order valence-electron chi connectivity index (χ1n) is 6.47. The lowest BCUT2D eigenvalue weighted by Crippen LogP contribution is -2.22. The third-order valence-electron chi connectivity index (χ3n) is 3.10. The molecular weight excluding hydrogens is 289 g/mol. The van der Waals surface area contributed by atoms with Gasteiger partial charge in [0.25, 0.3) is 0 Å². The number of thioether (sulfide) groups is 1. The van der Waals surface area contributed by atoms with Crippen LogP contribution < -0.4 is 5.73 Å². The van der Waals surface area contributed by atoms with E-state index in [9.17, 15) is 4.39 Å². The topological polar surface area (TPSA) is 80.5 Å². The van der Waals surface area contributed by atoms with Gasteiger partial charge in [0.05, 0.1) is 11.6 Å². The van der Waals surface area contributed by atoms with E-state index < -0.39 is 0 Å². The number of fused-ring (bicyclic) bond motifs is 1. The Hall–Kier alpha value is -1.99. The smallest absolute Gasteiger partial charge is 0.181 e. The van der Waals surface area contributed by atoms with Gasteiger partial charge in [0.15, 0.2) is 5.65 Å². The van der Waals surface area contributed by atoms with Crippen LogP contribution in [0.25, 0.3) is 11.2 Å². The summed E-state index contributed by atoms with van der Waals surface area (Å²) in [5.74, 6) is -0.259. The van der Waals surface area contributed by atoms with Gasteiger partial charge >= 0.3 is 0 Å². The van der Waals surface area contributed by atoms with Crippen molar-refractivity contribution in [1.82, 2.24) is 19.9 Å². The SMILES string of the molecule is CC(N)C(Sc1ncnc2nc[nH]c12)c1ccc(F)cc1. The van der Waals surface area contributed by atoms with Gasteiger partial charge in [0.2, 0.25) is 0 Å². The van der Waals surface area contributed by atoms with E-state index in [4.69, 9.17) is 5.73 Å². The van der Waals surface area contributed by atoms with Crippen molar-refractivity contribution in [2.45, 2.75) is 23.2 Å². The number of halogens is 1. The Bertz CT molecular complexity index is 740. The van der Waals surface area contributed by atoms with Crippen LogP contribution in [-0.2, 0) is 0 Å². The van der Waals surface area contributed by atoms with Crippen LogP contribution in [-0.4, -0.2) is 26.0 Å². The van der Waals surface area contributed by atoms with Gasteiger partial charge in [-0.25, -0.2) is 19.3 Å². The highest BCUT2D eigenvalue weighted by molar-refractivity contribution is 7.99. The summed E-state index contributed by atoms with van der Waals surface area (Å²) >= 11 is 1.52. The molecule has 2 atom stereocenters. The quantitative estimate of drug-likeness (QED) is 0.572. The van der Waals surface area contributed by atoms with Crippen LogP contribution in [0.5, 0.6) is 0 Å². The maximum Gasteiger partial charge on any atom is 0.181 e. The van der Waals surface area contributed by atoms with E-state index in [1.807, 2.05) is 6.92 Å². The number of nitrogens with zero attached hydrogens (tertiary/aromatic N) is 3. The monoisotopic (exact) mass is 303 g/mol. The molecule has 2 heterocycles. The number of aromatic nitrogens is 4. The minimum Gasteiger partial charge on any atom is -0.341 e. The minimum absolute atomic E-state index is 0.0352. The Labute approximate surface area is 125 Å². The predicted octanol–water partition coefficient (Wildman–Crippen LogP) is 2.67. The number of imidazole rings is 1. The zero-order valence-electron chi connectivity index (χ0n) is 11.3. The van der Waals surface area contributed by atoms with Crippen molar-refractivity contribution in [3.63, 3.8) is 0 Å². The fraction of sp³-hybridized carbons (Fsp3) is 0.214. The summed E-state index contributed by atoms with van der Waals surface area (Å²) in [4.78, 5) is 15.5. The summed E-state index contributed by atoms with van der Waals surface area (Å²) in [5.41, 5.74) is 8.46. The van der Waals surface area contributed by atoms with Crippen molar-refractivity contribution in [3.05, 3.63) is 48.3 Å². The van der Waals surface area contributed by atoms with Gasteiger partial charge in [-0.15, -0.1) is 0 Å². The zero-order chi connectivity index (χ0) is 14.8. The summed E-state index contributed by atoms with van der Waals surface area (Å²) in [7, 11) is 0. The molecule has 0 amide bonds. The highest BCUT2D eigenvalue weighted by atomic mass is 32.2. The second kappa shape index (κ2) is 5.79. The van der Waals surface area contributed by atoms with Gasteiger partial charge in [0.1, 0.15) is 22.7 Å². The second-order valence-electron chi connectivity index (χ2n) is 4.73. The Balaban J connectivity index is 1.95. The number of nitrogens with one attached hydrogen (secondary N) is 1. The molecular formula is C14H14FN5S. The molecule has 21 heavy (non-hydrogen) atoms. The molecule has 0 aliphatic carbocycles. The fourth-order valence-corrected chi connectivity index (χ4v) is 3.21. The lowest BCUT2D eigenvalue weighted by Gasteiger charge is -2.20. The molecule has 0 aliphatic rings. The highest BCUT2D eigenvalue weighted by Crippen LogP contribution is 2.38. The number of hydrogen-bond donors (Lipinski definition) is 2. The van der Waals surface area contributed by atoms with Crippen LogP contribution in [0.15, 0.2) is 41.9 Å². The number of benzene rings is 1. The number of H-pyrrole nitrogens is 1. The van der Waals surface area contributed by atoms with Gasteiger partial charge in [-0.05, 0) is 24.6 Å².